The van der Waals surface area contributed by atoms with E-state index in [1.165, 1.54) is 0 Å². The van der Waals surface area contributed by atoms with E-state index in [4.69, 9.17) is 0 Å². The van der Waals surface area contributed by atoms with Crippen molar-refractivity contribution >= 4 is 48.4 Å². The molecule has 0 amide bonds. The summed E-state index contributed by atoms with van der Waals surface area (Å²) < 4.78 is 0. The summed E-state index contributed by atoms with van der Waals surface area (Å²) in [6.45, 7) is 45.1. The van der Waals surface area contributed by atoms with Crippen molar-refractivity contribution in [1.29, 1.82) is 0 Å². The molecule has 0 aromatic heterocycles. The maximum Gasteiger partial charge on any atom is 3.00 e. The van der Waals surface area contributed by atoms with Gasteiger partial charge in [0, 0.05) is 48.4 Å². The molecule has 0 unspecified atom stereocenters. The summed E-state index contributed by atoms with van der Waals surface area (Å²) in [5.74, 6) is 0. The summed E-state index contributed by atoms with van der Waals surface area (Å²) in [5.41, 5.74) is 4.80. The molecule has 3 aromatic rings. The molecule has 3 rings (SSSR count). The zero-order valence-electron chi connectivity index (χ0n) is 31.7. The van der Waals surface area contributed by atoms with Gasteiger partial charge in [-0.2, -0.15) is 53.1 Å². The fourth-order valence-corrected chi connectivity index (χ4v) is 47.0. The molecule has 7 heteroatoms. The fourth-order valence-electron chi connectivity index (χ4n) is 8.64. The topological polar surface area (TPSA) is 0 Å². The molecule has 3 aromatic carbocycles. The van der Waals surface area contributed by atoms with E-state index in [1.54, 1.807) is 16.7 Å². The molecule has 0 aliphatic carbocycles. The minimum absolute atomic E-state index is 0. The van der Waals surface area contributed by atoms with Gasteiger partial charge in [-0.1, -0.05) is 133 Å². The van der Waals surface area contributed by atoms with Gasteiger partial charge in [0.15, 0.2) is 0 Å². The minimum Gasteiger partial charge on any atom is -0.213 e. The van der Waals surface area contributed by atoms with Crippen LogP contribution in [0.1, 0.15) is 32.2 Å². The molecule has 0 atom stereocenters. The van der Waals surface area contributed by atoms with Crippen molar-refractivity contribution in [3.63, 3.8) is 0 Å². The van der Waals surface area contributed by atoms with Crippen molar-refractivity contribution in [2.24, 2.45) is 0 Å². The van der Waals surface area contributed by atoms with Crippen LogP contribution < -0.4 is 0 Å². The molecule has 0 radical (unpaired) electrons. The van der Waals surface area contributed by atoms with E-state index >= 15 is 0 Å². The average molecular weight is 809 g/mol. The van der Waals surface area contributed by atoms with Crippen molar-refractivity contribution in [2.45, 2.75) is 133 Å². The van der Waals surface area contributed by atoms with Crippen LogP contribution >= 0.6 is 0 Å². The number of hydrogen-bond acceptors (Lipinski definition) is 0. The van der Waals surface area contributed by atoms with Gasteiger partial charge in [0.25, 0.3) is 0 Å². The first kappa shape index (κ1) is 43.5. The Morgan fingerprint density at radius 2 is 0.395 bits per heavy atom. The predicted octanol–water partition coefficient (Wildman–Crippen LogP) is 12.7. The summed E-state index contributed by atoms with van der Waals surface area (Å²) in [7, 11) is -6.39. The van der Waals surface area contributed by atoms with Gasteiger partial charge < -0.3 is 0 Å². The number of rotatable bonds is 9. The first-order chi connectivity index (χ1) is 18.7. The van der Waals surface area contributed by atoms with Crippen LogP contribution in [-0.4, -0.2) is 48.4 Å². The minimum atomic E-state index is -1.06. The molecule has 0 saturated carbocycles. The Kier molecular flexibility index (Phi) is 16.8. The van der Waals surface area contributed by atoms with Crippen LogP contribution in [0.15, 0.2) is 72.8 Å². The predicted molar refractivity (Wildman–Crippen MR) is 214 cm³/mol. The number of hydrogen-bond donors (Lipinski definition) is 0. The zero-order valence-corrected chi connectivity index (χ0v) is 41.4. The standard InChI is InChI=1S/3C12H23Si2.La/c3*1-13(2,3)12(14(4,5)6)11-9-7-8-10-11;/h3*7-10,12H,1-6H3;/q3*-1;+3. The molecule has 0 bridgehead atoms. The van der Waals surface area contributed by atoms with E-state index in [-0.39, 0.29) is 35.6 Å². The van der Waals surface area contributed by atoms with E-state index in [9.17, 15) is 0 Å². The van der Waals surface area contributed by atoms with Crippen LogP contribution in [0.25, 0.3) is 0 Å². The molecule has 0 spiro atoms. The SMILES string of the molecule is C[Si](C)(C)C([c-]1cccc1)[Si](C)(C)C.C[Si](C)(C)C([c-]1cccc1)[Si](C)(C)C.C[Si](C)(C)C([c-]1cccc1)[Si](C)(C)C.[La+3]. The Morgan fingerprint density at radius 1 is 0.279 bits per heavy atom. The van der Waals surface area contributed by atoms with Crippen LogP contribution in [-0.2, 0) is 0 Å². The summed E-state index contributed by atoms with van der Waals surface area (Å²) in [6, 6.07) is 27.0. The van der Waals surface area contributed by atoms with Crippen molar-refractivity contribution < 1.29 is 35.6 Å². The van der Waals surface area contributed by atoms with Crippen molar-refractivity contribution in [3.05, 3.63) is 89.5 Å². The molecule has 240 valence electrons. The van der Waals surface area contributed by atoms with E-state index in [0.717, 1.165) is 15.5 Å². The van der Waals surface area contributed by atoms with Crippen molar-refractivity contribution in [2.75, 3.05) is 0 Å². The summed E-state index contributed by atoms with van der Waals surface area (Å²) in [4.78, 5) is 0. The van der Waals surface area contributed by atoms with Gasteiger partial charge in [0.2, 0.25) is 0 Å². The first-order valence-corrected chi connectivity index (χ1v) is 37.8. The van der Waals surface area contributed by atoms with Gasteiger partial charge in [-0.3, -0.25) is 0 Å². The molecular formula is C36H69LaSi6. The van der Waals surface area contributed by atoms with Gasteiger partial charge in [-0.25, -0.2) is 36.4 Å². The van der Waals surface area contributed by atoms with Gasteiger partial charge >= 0.3 is 35.6 Å². The molecule has 0 saturated heterocycles. The molecule has 0 N–H and O–H groups in total. The Morgan fingerprint density at radius 3 is 0.488 bits per heavy atom. The molecule has 0 aliphatic rings. The van der Waals surface area contributed by atoms with E-state index in [1.807, 2.05) is 0 Å². The Bertz CT molecular complexity index is 930. The molecule has 0 aliphatic heterocycles. The fraction of sp³-hybridized carbons (Fsp3) is 0.583. The Balaban J connectivity index is 0.000000608. The van der Waals surface area contributed by atoms with Crippen molar-refractivity contribution in [3.8, 4) is 0 Å². The monoisotopic (exact) mass is 808 g/mol. The maximum absolute atomic E-state index is 2.50. The third kappa shape index (κ3) is 14.5. The Labute approximate surface area is 304 Å². The van der Waals surface area contributed by atoms with Gasteiger partial charge in [0.05, 0.1) is 0 Å². The maximum atomic E-state index is 2.50. The molecule has 0 nitrogen and oxygen atoms in total. The second-order valence-electron chi connectivity index (χ2n) is 19.1. The summed E-state index contributed by atoms with van der Waals surface area (Å²) in [6.07, 6.45) is 0. The van der Waals surface area contributed by atoms with Gasteiger partial charge in [-0.05, 0) is 0 Å². The van der Waals surface area contributed by atoms with Crippen LogP contribution in [0.3, 0.4) is 0 Å². The summed E-state index contributed by atoms with van der Waals surface area (Å²) >= 11 is 0. The van der Waals surface area contributed by atoms with Crippen molar-refractivity contribution in [1.82, 2.24) is 0 Å². The summed E-state index contributed by atoms with van der Waals surface area (Å²) in [5, 5.41) is 2.68. The smallest absolute Gasteiger partial charge is 0.213 e. The second-order valence-corrected chi connectivity index (χ2v) is 52.7. The molecule has 0 heterocycles. The zero-order chi connectivity index (χ0) is 32.9. The van der Waals surface area contributed by atoms with Crippen LogP contribution in [0.2, 0.25) is 118 Å². The molecular weight excluding hydrogens is 740 g/mol. The normalized spacial score (nSPS) is 13.3. The quantitative estimate of drug-likeness (QED) is 0.149. The first-order valence-electron chi connectivity index (χ1n) is 16.3. The van der Waals surface area contributed by atoms with Crippen LogP contribution in [0.5, 0.6) is 0 Å². The average Bonchev–Trinajstić information content (AvgIpc) is 3.46. The largest absolute Gasteiger partial charge is 3.00 e. The van der Waals surface area contributed by atoms with Gasteiger partial charge in [-0.15, -0.1) is 0 Å². The van der Waals surface area contributed by atoms with E-state index in [0.29, 0.717) is 0 Å². The molecule has 43 heavy (non-hydrogen) atoms. The van der Waals surface area contributed by atoms with Gasteiger partial charge in [0.1, 0.15) is 0 Å². The second kappa shape index (κ2) is 16.6. The van der Waals surface area contributed by atoms with Crippen LogP contribution in [0.4, 0.5) is 0 Å². The third-order valence-electron chi connectivity index (χ3n) is 8.26. The van der Waals surface area contributed by atoms with E-state index in [2.05, 4.69) is 191 Å². The van der Waals surface area contributed by atoms with Crippen LogP contribution in [0, 0.1) is 35.6 Å². The van der Waals surface area contributed by atoms with E-state index < -0.39 is 48.4 Å². The third-order valence-corrected chi connectivity index (χ3v) is 36.2. The molecule has 0 fully saturated rings. The Hall–Kier alpha value is 0.546.